The Balaban J connectivity index is 1.48. The van der Waals surface area contributed by atoms with Gasteiger partial charge < -0.3 is 14.4 Å². The monoisotopic (exact) mass is 430 g/mol. The van der Waals surface area contributed by atoms with E-state index in [4.69, 9.17) is 9.47 Å². The van der Waals surface area contributed by atoms with Crippen LogP contribution in [0.1, 0.15) is 0 Å². The second kappa shape index (κ2) is 8.28. The number of hydrogen-bond donors (Lipinski definition) is 0. The second-order valence-corrected chi connectivity index (χ2v) is 8.51. The van der Waals surface area contributed by atoms with E-state index in [1.165, 1.54) is 24.6 Å². The molecular formula is C19H22N6O4S. The zero-order chi connectivity index (χ0) is 21.1. The summed E-state index contributed by atoms with van der Waals surface area (Å²) in [5.41, 5.74) is 0. The molecule has 0 radical (unpaired) electrons. The quantitative estimate of drug-likeness (QED) is 0.575. The minimum atomic E-state index is -3.73. The van der Waals surface area contributed by atoms with Gasteiger partial charge in [-0.1, -0.05) is 0 Å². The highest BCUT2D eigenvalue weighted by molar-refractivity contribution is 7.89. The fraction of sp³-hybridized carbons (Fsp3) is 0.316. The Morgan fingerprint density at radius 2 is 1.67 bits per heavy atom. The van der Waals surface area contributed by atoms with E-state index in [1.807, 2.05) is 23.1 Å². The van der Waals surface area contributed by atoms with Crippen LogP contribution in [-0.4, -0.2) is 73.1 Å². The Kier molecular flexibility index (Phi) is 5.55. The molecule has 4 rings (SSSR count). The molecule has 0 bridgehead atoms. The van der Waals surface area contributed by atoms with Crippen molar-refractivity contribution in [3.05, 3.63) is 48.8 Å². The highest BCUT2D eigenvalue weighted by atomic mass is 32.2. The topological polar surface area (TPSA) is 103 Å². The molecule has 1 fully saturated rings. The van der Waals surface area contributed by atoms with Gasteiger partial charge >= 0.3 is 0 Å². The summed E-state index contributed by atoms with van der Waals surface area (Å²) in [7, 11) is -0.781. The molecule has 0 atom stereocenters. The minimum absolute atomic E-state index is 0.0983. The van der Waals surface area contributed by atoms with Crippen molar-refractivity contribution >= 4 is 15.8 Å². The molecule has 0 unspecified atom stereocenters. The van der Waals surface area contributed by atoms with Gasteiger partial charge in [-0.2, -0.15) is 9.40 Å². The molecule has 0 saturated carbocycles. The van der Waals surface area contributed by atoms with Crippen molar-refractivity contribution in [2.75, 3.05) is 45.3 Å². The molecule has 0 aliphatic carbocycles. The van der Waals surface area contributed by atoms with Gasteiger partial charge in [-0.25, -0.2) is 13.1 Å². The first-order valence-corrected chi connectivity index (χ1v) is 10.8. The Hall–Kier alpha value is -3.18. The number of rotatable bonds is 6. The van der Waals surface area contributed by atoms with Crippen LogP contribution in [0, 0.1) is 0 Å². The lowest BCUT2D eigenvalue weighted by molar-refractivity contribution is 0.370. The molecule has 3 aromatic rings. The Bertz CT molecular complexity index is 1090. The summed E-state index contributed by atoms with van der Waals surface area (Å²) in [6, 6.07) is 10.3. The van der Waals surface area contributed by atoms with E-state index in [0.717, 1.165) is 0 Å². The van der Waals surface area contributed by atoms with Crippen LogP contribution in [0.4, 0.5) is 5.82 Å². The maximum absolute atomic E-state index is 13.2. The number of methoxy groups -OCH3 is 2. The molecular weight excluding hydrogens is 408 g/mol. The zero-order valence-corrected chi connectivity index (χ0v) is 17.5. The predicted molar refractivity (Wildman–Crippen MR) is 110 cm³/mol. The average molecular weight is 430 g/mol. The summed E-state index contributed by atoms with van der Waals surface area (Å²) >= 11 is 0. The van der Waals surface area contributed by atoms with Crippen LogP contribution in [0.15, 0.2) is 53.7 Å². The van der Waals surface area contributed by atoms with Crippen molar-refractivity contribution in [1.29, 1.82) is 0 Å². The molecule has 0 spiro atoms. The first-order chi connectivity index (χ1) is 14.5. The fourth-order valence-corrected chi connectivity index (χ4v) is 4.89. The Morgan fingerprint density at radius 3 is 2.27 bits per heavy atom. The standard InChI is InChI=1S/C19H22N6O4S/c1-28-15-4-5-16(29-2)17(14-15)30(26,27)24-12-10-23(11-13-24)18-6-7-19(22-21-18)25-9-3-8-20-25/h3-9,14H,10-13H2,1-2H3. The molecule has 1 aliphatic heterocycles. The lowest BCUT2D eigenvalue weighted by atomic mass is 10.3. The molecule has 1 aromatic carbocycles. The van der Waals surface area contributed by atoms with Crippen LogP contribution >= 0.6 is 0 Å². The van der Waals surface area contributed by atoms with Crippen molar-refractivity contribution in [2.24, 2.45) is 0 Å². The molecule has 2 aromatic heterocycles. The van der Waals surface area contributed by atoms with E-state index in [-0.39, 0.29) is 4.90 Å². The van der Waals surface area contributed by atoms with Crippen molar-refractivity contribution in [3.8, 4) is 17.3 Å². The minimum Gasteiger partial charge on any atom is -0.497 e. The van der Waals surface area contributed by atoms with Gasteiger partial charge in [0.25, 0.3) is 0 Å². The summed E-state index contributed by atoms with van der Waals surface area (Å²) in [6.07, 6.45) is 3.47. The van der Waals surface area contributed by atoms with E-state index in [0.29, 0.717) is 49.3 Å². The number of hydrogen-bond acceptors (Lipinski definition) is 8. The molecule has 0 amide bonds. The van der Waals surface area contributed by atoms with Gasteiger partial charge in [-0.3, -0.25) is 0 Å². The van der Waals surface area contributed by atoms with Gasteiger partial charge in [-0.15, -0.1) is 10.2 Å². The van der Waals surface area contributed by atoms with Crippen LogP contribution < -0.4 is 14.4 Å². The van der Waals surface area contributed by atoms with Gasteiger partial charge in [0.05, 0.1) is 14.2 Å². The van der Waals surface area contributed by atoms with Crippen LogP contribution in [-0.2, 0) is 10.0 Å². The van der Waals surface area contributed by atoms with Crippen LogP contribution in [0.3, 0.4) is 0 Å². The third-order valence-electron chi connectivity index (χ3n) is 4.93. The lowest BCUT2D eigenvalue weighted by Gasteiger charge is -2.34. The third kappa shape index (κ3) is 3.81. The average Bonchev–Trinajstić information content (AvgIpc) is 3.34. The fourth-order valence-electron chi connectivity index (χ4n) is 3.30. The van der Waals surface area contributed by atoms with E-state index in [9.17, 15) is 8.42 Å². The molecule has 3 heterocycles. The molecule has 11 heteroatoms. The number of anilines is 1. The first-order valence-electron chi connectivity index (χ1n) is 9.34. The molecule has 30 heavy (non-hydrogen) atoms. The number of nitrogens with zero attached hydrogens (tertiary/aromatic N) is 6. The van der Waals surface area contributed by atoms with Crippen LogP contribution in [0.5, 0.6) is 11.5 Å². The molecule has 1 aliphatic rings. The van der Waals surface area contributed by atoms with E-state index in [1.54, 1.807) is 29.2 Å². The van der Waals surface area contributed by atoms with Gasteiger partial charge in [-0.05, 0) is 30.3 Å². The summed E-state index contributed by atoms with van der Waals surface area (Å²) in [5.74, 6) is 2.07. The van der Waals surface area contributed by atoms with Crippen molar-refractivity contribution < 1.29 is 17.9 Å². The maximum Gasteiger partial charge on any atom is 0.247 e. The van der Waals surface area contributed by atoms with Crippen LogP contribution in [0.2, 0.25) is 0 Å². The first kappa shape index (κ1) is 20.1. The van der Waals surface area contributed by atoms with Crippen molar-refractivity contribution in [1.82, 2.24) is 24.3 Å². The SMILES string of the molecule is COc1ccc(OC)c(S(=O)(=O)N2CCN(c3ccc(-n4cccn4)nn3)CC2)c1. The highest BCUT2D eigenvalue weighted by Crippen LogP contribution is 2.31. The molecule has 10 nitrogen and oxygen atoms in total. The Morgan fingerprint density at radius 1 is 0.933 bits per heavy atom. The van der Waals surface area contributed by atoms with Gasteiger partial charge in [0, 0.05) is 44.6 Å². The number of ether oxygens (including phenoxy) is 2. The van der Waals surface area contributed by atoms with E-state index in [2.05, 4.69) is 15.3 Å². The molecule has 158 valence electrons. The maximum atomic E-state index is 13.2. The Labute approximate surface area is 174 Å². The van der Waals surface area contributed by atoms with Crippen molar-refractivity contribution in [2.45, 2.75) is 4.90 Å². The van der Waals surface area contributed by atoms with Gasteiger partial charge in [0.15, 0.2) is 11.6 Å². The number of aromatic nitrogens is 4. The lowest BCUT2D eigenvalue weighted by Crippen LogP contribution is -2.49. The number of benzene rings is 1. The number of piperazine rings is 1. The molecule has 1 saturated heterocycles. The molecule has 0 N–H and O–H groups in total. The summed E-state index contributed by atoms with van der Waals surface area (Å²) in [6.45, 7) is 1.65. The van der Waals surface area contributed by atoms with E-state index >= 15 is 0 Å². The normalized spacial score (nSPS) is 15.2. The van der Waals surface area contributed by atoms with E-state index < -0.39 is 10.0 Å². The highest BCUT2D eigenvalue weighted by Gasteiger charge is 2.31. The van der Waals surface area contributed by atoms with Gasteiger partial charge in [0.1, 0.15) is 16.4 Å². The third-order valence-corrected chi connectivity index (χ3v) is 6.85. The van der Waals surface area contributed by atoms with Gasteiger partial charge in [0.2, 0.25) is 10.0 Å². The van der Waals surface area contributed by atoms with Crippen LogP contribution in [0.25, 0.3) is 5.82 Å². The number of sulfonamides is 1. The summed E-state index contributed by atoms with van der Waals surface area (Å²) in [5, 5.41) is 12.6. The zero-order valence-electron chi connectivity index (χ0n) is 16.7. The summed E-state index contributed by atoms with van der Waals surface area (Å²) < 4.78 is 39.9. The summed E-state index contributed by atoms with van der Waals surface area (Å²) in [4.78, 5) is 2.11. The smallest absolute Gasteiger partial charge is 0.247 e. The predicted octanol–water partition coefficient (Wildman–Crippen LogP) is 1.19. The second-order valence-electron chi connectivity index (χ2n) is 6.61. The van der Waals surface area contributed by atoms with Crippen molar-refractivity contribution in [3.63, 3.8) is 0 Å². The largest absolute Gasteiger partial charge is 0.497 e.